The highest BCUT2D eigenvalue weighted by Crippen LogP contribution is 2.32. The Hall–Kier alpha value is -3.41. The molecule has 0 heterocycles. The highest BCUT2D eigenvalue weighted by molar-refractivity contribution is 6.34. The molecular weight excluding hydrogens is 451 g/mol. The summed E-state index contributed by atoms with van der Waals surface area (Å²) in [6, 6.07) is 17.5. The molecular formula is C25H20Cl2O5. The molecule has 0 unspecified atom stereocenters. The zero-order valence-electron chi connectivity index (χ0n) is 17.3. The van der Waals surface area contributed by atoms with Gasteiger partial charge in [-0.1, -0.05) is 53.6 Å². The standard InChI is InChI=1S/C25H20Cl2O5/c1-30-23-9-8-17(11-24(23)31-2)18(12-25(28)29)7-6-16-4-3-5-21(10-16)32-22-14-19(26)13-20(27)15-22/h3-15H,1-2H3,(H,28,29)/b7-6+,18-12+. The predicted molar refractivity (Wildman–Crippen MR) is 127 cm³/mol. The Kier molecular flexibility index (Phi) is 7.82. The maximum atomic E-state index is 11.4. The van der Waals surface area contributed by atoms with E-state index in [0.29, 0.717) is 44.2 Å². The fraction of sp³-hybridized carbons (Fsp3) is 0.0800. The molecule has 3 aromatic carbocycles. The van der Waals surface area contributed by atoms with Crippen LogP contribution in [0, 0.1) is 0 Å². The van der Waals surface area contributed by atoms with Crippen LogP contribution in [0.3, 0.4) is 0 Å². The molecule has 5 nitrogen and oxygen atoms in total. The summed E-state index contributed by atoms with van der Waals surface area (Å²) < 4.78 is 16.4. The summed E-state index contributed by atoms with van der Waals surface area (Å²) in [5.74, 6) is 1.10. The molecule has 0 aliphatic heterocycles. The van der Waals surface area contributed by atoms with Gasteiger partial charge in [0, 0.05) is 16.1 Å². The van der Waals surface area contributed by atoms with Gasteiger partial charge in [-0.05, 0) is 59.2 Å². The number of allylic oxidation sites excluding steroid dienone is 2. The van der Waals surface area contributed by atoms with Gasteiger partial charge in [-0.15, -0.1) is 0 Å². The van der Waals surface area contributed by atoms with Gasteiger partial charge in [0.1, 0.15) is 11.5 Å². The van der Waals surface area contributed by atoms with Crippen molar-refractivity contribution >= 4 is 40.8 Å². The van der Waals surface area contributed by atoms with Crippen molar-refractivity contribution in [3.05, 3.63) is 94.0 Å². The number of benzene rings is 3. The van der Waals surface area contributed by atoms with Crippen molar-refractivity contribution < 1.29 is 24.1 Å². The van der Waals surface area contributed by atoms with Gasteiger partial charge in [-0.3, -0.25) is 0 Å². The van der Waals surface area contributed by atoms with Crippen molar-refractivity contribution in [2.24, 2.45) is 0 Å². The van der Waals surface area contributed by atoms with E-state index >= 15 is 0 Å². The molecule has 0 spiro atoms. The third kappa shape index (κ3) is 6.30. The largest absolute Gasteiger partial charge is 0.493 e. The number of halogens is 2. The summed E-state index contributed by atoms with van der Waals surface area (Å²) in [7, 11) is 3.06. The minimum absolute atomic E-state index is 0.474. The van der Waals surface area contributed by atoms with Crippen LogP contribution in [0.1, 0.15) is 11.1 Å². The molecule has 32 heavy (non-hydrogen) atoms. The minimum Gasteiger partial charge on any atom is -0.493 e. The summed E-state index contributed by atoms with van der Waals surface area (Å²) in [6.07, 6.45) is 4.64. The number of hydrogen-bond donors (Lipinski definition) is 1. The first-order valence-electron chi connectivity index (χ1n) is 9.47. The molecule has 3 aromatic rings. The molecule has 164 valence electrons. The Morgan fingerprint density at radius 1 is 0.875 bits per heavy atom. The average Bonchev–Trinajstić information content (AvgIpc) is 2.75. The fourth-order valence-corrected chi connectivity index (χ4v) is 3.47. The fourth-order valence-electron chi connectivity index (χ4n) is 2.97. The summed E-state index contributed by atoms with van der Waals surface area (Å²) in [6.45, 7) is 0. The van der Waals surface area contributed by atoms with E-state index in [2.05, 4.69) is 0 Å². The van der Waals surface area contributed by atoms with Gasteiger partial charge in [-0.25, -0.2) is 4.79 Å². The number of carbonyl (C=O) groups is 1. The van der Waals surface area contributed by atoms with Crippen LogP contribution in [-0.2, 0) is 4.79 Å². The van der Waals surface area contributed by atoms with Crippen molar-refractivity contribution in [1.29, 1.82) is 0 Å². The number of rotatable bonds is 8. The number of hydrogen-bond acceptors (Lipinski definition) is 4. The molecule has 0 atom stereocenters. The molecule has 0 amide bonds. The highest BCUT2D eigenvalue weighted by Gasteiger charge is 2.08. The smallest absolute Gasteiger partial charge is 0.328 e. The second kappa shape index (κ2) is 10.8. The van der Waals surface area contributed by atoms with Crippen LogP contribution < -0.4 is 14.2 Å². The van der Waals surface area contributed by atoms with Gasteiger partial charge >= 0.3 is 5.97 Å². The van der Waals surface area contributed by atoms with Crippen LogP contribution in [0.25, 0.3) is 11.6 Å². The van der Waals surface area contributed by atoms with E-state index in [1.807, 2.05) is 18.2 Å². The van der Waals surface area contributed by atoms with Crippen LogP contribution >= 0.6 is 23.2 Å². The Morgan fingerprint density at radius 2 is 1.59 bits per heavy atom. The first-order chi connectivity index (χ1) is 15.4. The van der Waals surface area contributed by atoms with Crippen LogP contribution in [0.15, 0.2) is 72.8 Å². The molecule has 0 aliphatic carbocycles. The summed E-state index contributed by atoms with van der Waals surface area (Å²) in [5.41, 5.74) is 1.97. The Labute approximate surface area is 196 Å². The zero-order chi connectivity index (χ0) is 23.1. The number of methoxy groups -OCH3 is 2. The minimum atomic E-state index is -1.06. The van der Waals surface area contributed by atoms with E-state index in [-0.39, 0.29) is 0 Å². The Bertz CT molecular complexity index is 1160. The van der Waals surface area contributed by atoms with Crippen molar-refractivity contribution in [3.8, 4) is 23.0 Å². The summed E-state index contributed by atoms with van der Waals surface area (Å²) >= 11 is 12.1. The van der Waals surface area contributed by atoms with Crippen molar-refractivity contribution in [2.75, 3.05) is 14.2 Å². The van der Waals surface area contributed by atoms with E-state index in [0.717, 1.165) is 11.6 Å². The zero-order valence-corrected chi connectivity index (χ0v) is 18.9. The van der Waals surface area contributed by atoms with Crippen molar-refractivity contribution in [2.45, 2.75) is 0 Å². The number of ether oxygens (including phenoxy) is 3. The van der Waals surface area contributed by atoms with E-state index < -0.39 is 5.97 Å². The van der Waals surface area contributed by atoms with Crippen LogP contribution in [-0.4, -0.2) is 25.3 Å². The maximum absolute atomic E-state index is 11.4. The van der Waals surface area contributed by atoms with Crippen molar-refractivity contribution in [3.63, 3.8) is 0 Å². The molecule has 0 radical (unpaired) electrons. The van der Waals surface area contributed by atoms with E-state index in [1.54, 1.807) is 54.6 Å². The SMILES string of the molecule is COc1ccc(C(/C=C/c2cccc(Oc3cc(Cl)cc(Cl)c3)c2)=C/C(=O)O)cc1OC. The third-order valence-corrected chi connectivity index (χ3v) is 4.82. The molecule has 0 aromatic heterocycles. The quantitative estimate of drug-likeness (QED) is 0.284. The lowest BCUT2D eigenvalue weighted by Gasteiger charge is -2.10. The van der Waals surface area contributed by atoms with E-state index in [1.165, 1.54) is 14.2 Å². The summed E-state index contributed by atoms with van der Waals surface area (Å²) in [4.78, 5) is 11.4. The maximum Gasteiger partial charge on any atom is 0.328 e. The van der Waals surface area contributed by atoms with E-state index in [4.69, 9.17) is 37.4 Å². The molecule has 0 fully saturated rings. The number of carboxylic acid groups (broad SMARTS) is 1. The lowest BCUT2D eigenvalue weighted by atomic mass is 10.0. The van der Waals surface area contributed by atoms with Gasteiger partial charge < -0.3 is 19.3 Å². The molecule has 7 heteroatoms. The first-order valence-corrected chi connectivity index (χ1v) is 10.2. The van der Waals surface area contributed by atoms with Gasteiger partial charge in [0.2, 0.25) is 0 Å². The Morgan fingerprint density at radius 3 is 2.25 bits per heavy atom. The predicted octanol–water partition coefficient (Wildman–Crippen LogP) is 6.98. The Balaban J connectivity index is 1.88. The second-order valence-corrected chi connectivity index (χ2v) is 7.49. The van der Waals surface area contributed by atoms with E-state index in [9.17, 15) is 9.90 Å². The topological polar surface area (TPSA) is 65.0 Å². The lowest BCUT2D eigenvalue weighted by Crippen LogP contribution is -1.94. The normalized spacial score (nSPS) is 11.4. The number of carboxylic acids is 1. The molecule has 1 N–H and O–H groups in total. The lowest BCUT2D eigenvalue weighted by molar-refractivity contribution is -0.131. The highest BCUT2D eigenvalue weighted by atomic mass is 35.5. The average molecular weight is 471 g/mol. The van der Waals surface area contributed by atoms with Crippen molar-refractivity contribution in [1.82, 2.24) is 0 Å². The number of aliphatic carboxylic acids is 1. The monoisotopic (exact) mass is 470 g/mol. The first kappa shape index (κ1) is 23.3. The van der Waals surface area contributed by atoms with Crippen LogP contribution in [0.5, 0.6) is 23.0 Å². The molecule has 3 rings (SSSR count). The third-order valence-electron chi connectivity index (χ3n) is 4.38. The van der Waals surface area contributed by atoms with Gasteiger partial charge in [0.05, 0.1) is 14.2 Å². The molecule has 0 bridgehead atoms. The van der Waals surface area contributed by atoms with Crippen LogP contribution in [0.4, 0.5) is 0 Å². The van der Waals surface area contributed by atoms with Gasteiger partial charge in [0.25, 0.3) is 0 Å². The summed E-state index contributed by atoms with van der Waals surface area (Å²) in [5, 5.41) is 10.3. The molecule has 0 saturated carbocycles. The van der Waals surface area contributed by atoms with Crippen LogP contribution in [0.2, 0.25) is 10.0 Å². The van der Waals surface area contributed by atoms with Gasteiger partial charge in [-0.2, -0.15) is 0 Å². The second-order valence-electron chi connectivity index (χ2n) is 6.62. The van der Waals surface area contributed by atoms with Gasteiger partial charge in [0.15, 0.2) is 11.5 Å². The molecule has 0 aliphatic rings. The molecule has 0 saturated heterocycles.